The Morgan fingerprint density at radius 2 is 2.07 bits per heavy atom. The molecule has 1 aliphatic heterocycles. The zero-order chi connectivity index (χ0) is 19.6. The van der Waals surface area contributed by atoms with Gasteiger partial charge in [0.25, 0.3) is 5.91 Å². The van der Waals surface area contributed by atoms with E-state index in [-0.39, 0.29) is 5.91 Å². The van der Waals surface area contributed by atoms with Gasteiger partial charge >= 0.3 is 0 Å². The van der Waals surface area contributed by atoms with Crippen LogP contribution < -0.4 is 9.47 Å². The predicted octanol–water partition coefficient (Wildman–Crippen LogP) is 5.07. The number of benzene rings is 2. The second kappa shape index (κ2) is 8.33. The molecule has 0 spiro atoms. The molecule has 0 unspecified atom stereocenters. The van der Waals surface area contributed by atoms with Gasteiger partial charge in [-0.2, -0.15) is 0 Å². The van der Waals surface area contributed by atoms with Crippen molar-refractivity contribution in [2.75, 3.05) is 14.2 Å². The average Bonchev–Trinajstić information content (AvgIpc) is 2.87. The fourth-order valence-corrected chi connectivity index (χ4v) is 4.07. The first kappa shape index (κ1) is 19.7. The summed E-state index contributed by atoms with van der Waals surface area (Å²) in [5.41, 5.74) is 2.95. The molecule has 1 saturated heterocycles. The summed E-state index contributed by atoms with van der Waals surface area (Å²) in [4.78, 5) is 14.2. The van der Waals surface area contributed by atoms with Crippen molar-refractivity contribution in [3.05, 3.63) is 63.0 Å². The van der Waals surface area contributed by atoms with E-state index in [1.807, 2.05) is 25.1 Å². The van der Waals surface area contributed by atoms with E-state index in [4.69, 9.17) is 33.3 Å². The van der Waals surface area contributed by atoms with Crippen molar-refractivity contribution in [3.8, 4) is 11.5 Å². The van der Waals surface area contributed by atoms with Crippen LogP contribution in [0.15, 0.2) is 41.3 Å². The van der Waals surface area contributed by atoms with E-state index in [1.54, 1.807) is 32.4 Å². The Hall–Kier alpha value is -2.02. The smallest absolute Gasteiger partial charge is 0.265 e. The Bertz CT molecular complexity index is 943. The molecule has 0 saturated carbocycles. The summed E-state index contributed by atoms with van der Waals surface area (Å²) in [6.07, 6.45) is 1.75. The van der Waals surface area contributed by atoms with E-state index in [0.717, 1.165) is 16.7 Å². The highest BCUT2D eigenvalue weighted by atomic mass is 35.5. The number of thiocarbonyl (C=S) groups is 1. The van der Waals surface area contributed by atoms with Gasteiger partial charge in [-0.3, -0.25) is 9.69 Å². The first-order valence-corrected chi connectivity index (χ1v) is 9.76. The number of hydrogen-bond acceptors (Lipinski definition) is 5. The number of halogens is 1. The maximum atomic E-state index is 12.2. The third kappa shape index (κ3) is 4.46. The monoisotopic (exact) mass is 419 g/mol. The number of amides is 1. The van der Waals surface area contributed by atoms with Crippen LogP contribution in [0.2, 0.25) is 5.02 Å². The van der Waals surface area contributed by atoms with E-state index in [9.17, 15) is 4.79 Å². The van der Waals surface area contributed by atoms with Crippen LogP contribution >= 0.6 is 35.6 Å². The molecule has 0 radical (unpaired) electrons. The van der Waals surface area contributed by atoms with E-state index >= 15 is 0 Å². The van der Waals surface area contributed by atoms with Crippen molar-refractivity contribution in [2.45, 2.75) is 13.5 Å². The van der Waals surface area contributed by atoms with Crippen LogP contribution in [0.1, 0.15) is 16.7 Å². The van der Waals surface area contributed by atoms with E-state index < -0.39 is 0 Å². The van der Waals surface area contributed by atoms with Gasteiger partial charge in [0, 0.05) is 7.05 Å². The summed E-state index contributed by atoms with van der Waals surface area (Å²) in [6, 6.07) is 11.6. The number of methoxy groups -OCH3 is 1. The number of hydrogen-bond donors (Lipinski definition) is 0. The minimum absolute atomic E-state index is 0.125. The van der Waals surface area contributed by atoms with Gasteiger partial charge in [0.1, 0.15) is 10.9 Å². The maximum absolute atomic E-state index is 12.2. The minimum Gasteiger partial charge on any atom is -0.493 e. The molecule has 4 nitrogen and oxygen atoms in total. The zero-order valence-corrected chi connectivity index (χ0v) is 17.5. The fourth-order valence-electron chi connectivity index (χ4n) is 2.62. The van der Waals surface area contributed by atoms with Crippen molar-refractivity contribution in [3.63, 3.8) is 0 Å². The van der Waals surface area contributed by atoms with Crippen molar-refractivity contribution < 1.29 is 14.3 Å². The Labute approximate surface area is 173 Å². The highest BCUT2D eigenvalue weighted by Crippen LogP contribution is 2.39. The van der Waals surface area contributed by atoms with Gasteiger partial charge in [-0.15, -0.1) is 0 Å². The Morgan fingerprint density at radius 1 is 1.30 bits per heavy atom. The van der Waals surface area contributed by atoms with Crippen molar-refractivity contribution in [1.82, 2.24) is 4.90 Å². The highest BCUT2D eigenvalue weighted by molar-refractivity contribution is 8.26. The lowest BCUT2D eigenvalue weighted by molar-refractivity contribution is -0.121. The molecule has 0 N–H and O–H groups in total. The summed E-state index contributed by atoms with van der Waals surface area (Å²) in [7, 11) is 3.22. The SMILES string of the molecule is COc1cc(/C=C2/SC(=S)N(C)C2=O)cc(Cl)c1OCc1cccc(C)c1. The summed E-state index contributed by atoms with van der Waals surface area (Å²) in [5, 5.41) is 0.417. The summed E-state index contributed by atoms with van der Waals surface area (Å²) in [6.45, 7) is 2.41. The topological polar surface area (TPSA) is 38.8 Å². The second-order valence-electron chi connectivity index (χ2n) is 6.05. The lowest BCUT2D eigenvalue weighted by Crippen LogP contribution is -2.22. The highest BCUT2D eigenvalue weighted by Gasteiger charge is 2.28. The quantitative estimate of drug-likeness (QED) is 0.500. The van der Waals surface area contributed by atoms with E-state index in [2.05, 4.69) is 6.07 Å². The molecule has 0 aromatic heterocycles. The molecular weight excluding hydrogens is 402 g/mol. The van der Waals surface area contributed by atoms with Gasteiger partial charge in [-0.1, -0.05) is 65.4 Å². The van der Waals surface area contributed by atoms with Crippen molar-refractivity contribution in [1.29, 1.82) is 0 Å². The first-order chi connectivity index (χ1) is 12.9. The molecular formula is C20H18ClNO3S2. The summed E-state index contributed by atoms with van der Waals surface area (Å²) >= 11 is 12.8. The Kier molecular flexibility index (Phi) is 6.09. The van der Waals surface area contributed by atoms with Crippen molar-refractivity contribution >= 4 is 51.9 Å². The molecule has 140 valence electrons. The molecule has 3 rings (SSSR count). The maximum Gasteiger partial charge on any atom is 0.265 e. The lowest BCUT2D eigenvalue weighted by atomic mass is 10.1. The number of thioether (sulfide) groups is 1. The number of ether oxygens (including phenoxy) is 2. The molecule has 1 aliphatic rings. The number of nitrogens with zero attached hydrogens (tertiary/aromatic N) is 1. The van der Waals surface area contributed by atoms with Gasteiger partial charge in [-0.25, -0.2) is 0 Å². The normalized spacial score (nSPS) is 15.6. The molecule has 7 heteroatoms. The van der Waals surface area contributed by atoms with E-state index in [0.29, 0.717) is 32.4 Å². The van der Waals surface area contributed by atoms with Gasteiger partial charge in [0.05, 0.1) is 17.0 Å². The predicted molar refractivity (Wildman–Crippen MR) is 114 cm³/mol. The van der Waals surface area contributed by atoms with Crippen molar-refractivity contribution in [2.24, 2.45) is 0 Å². The largest absolute Gasteiger partial charge is 0.493 e. The Morgan fingerprint density at radius 3 is 2.70 bits per heavy atom. The lowest BCUT2D eigenvalue weighted by Gasteiger charge is -2.14. The third-order valence-electron chi connectivity index (χ3n) is 4.00. The first-order valence-electron chi connectivity index (χ1n) is 8.16. The fraction of sp³-hybridized carbons (Fsp3) is 0.200. The van der Waals surface area contributed by atoms with Gasteiger partial charge in [0.15, 0.2) is 11.5 Å². The number of carbonyl (C=O) groups is 1. The molecule has 1 amide bonds. The zero-order valence-electron chi connectivity index (χ0n) is 15.1. The van der Waals surface area contributed by atoms with Gasteiger partial charge in [0.2, 0.25) is 0 Å². The summed E-state index contributed by atoms with van der Waals surface area (Å²) in [5.74, 6) is 0.856. The number of carbonyl (C=O) groups excluding carboxylic acids is 1. The molecule has 0 atom stereocenters. The van der Waals surface area contributed by atoms with Crippen LogP contribution in [0.3, 0.4) is 0 Å². The molecule has 2 aromatic rings. The standard InChI is InChI=1S/C20H18ClNO3S2/c1-12-5-4-6-13(7-12)11-25-18-15(21)8-14(9-16(18)24-3)10-17-19(23)22(2)20(26)27-17/h4-10H,11H2,1-3H3/b17-10+. The van der Waals surface area contributed by atoms with E-state index in [1.165, 1.54) is 16.7 Å². The minimum atomic E-state index is -0.125. The average molecular weight is 420 g/mol. The van der Waals surface area contributed by atoms with Crippen LogP contribution in [0.4, 0.5) is 0 Å². The molecule has 0 bridgehead atoms. The number of rotatable bonds is 5. The van der Waals surface area contributed by atoms with Crippen LogP contribution in [-0.4, -0.2) is 29.3 Å². The van der Waals surface area contributed by atoms with Gasteiger partial charge < -0.3 is 9.47 Å². The molecule has 1 heterocycles. The number of aryl methyl sites for hydroxylation is 1. The summed E-state index contributed by atoms with van der Waals surface area (Å²) < 4.78 is 11.9. The molecule has 2 aromatic carbocycles. The Balaban J connectivity index is 1.85. The van der Waals surface area contributed by atoms with Crippen LogP contribution in [0, 0.1) is 6.92 Å². The molecule has 1 fully saturated rings. The van der Waals surface area contributed by atoms with Crippen LogP contribution in [-0.2, 0) is 11.4 Å². The second-order valence-corrected chi connectivity index (χ2v) is 8.14. The number of likely N-dealkylation sites (N-methyl/N-ethyl adjacent to an activating group) is 1. The third-order valence-corrected chi connectivity index (χ3v) is 5.77. The van der Waals surface area contributed by atoms with Gasteiger partial charge in [-0.05, 0) is 36.3 Å². The molecule has 27 heavy (non-hydrogen) atoms. The van der Waals surface area contributed by atoms with Crippen LogP contribution in [0.5, 0.6) is 11.5 Å². The van der Waals surface area contributed by atoms with Crippen LogP contribution in [0.25, 0.3) is 6.08 Å². The molecule has 0 aliphatic carbocycles.